The third-order valence-electron chi connectivity index (χ3n) is 5.73. The predicted molar refractivity (Wildman–Crippen MR) is 124 cm³/mol. The number of phenols is 1. The van der Waals surface area contributed by atoms with E-state index in [1.165, 1.54) is 6.07 Å². The van der Waals surface area contributed by atoms with Gasteiger partial charge in [0.1, 0.15) is 5.75 Å². The molecule has 11 heteroatoms. The van der Waals surface area contributed by atoms with E-state index in [0.29, 0.717) is 29.5 Å². The molecule has 0 bridgehead atoms. The van der Waals surface area contributed by atoms with E-state index in [1.54, 1.807) is 30.3 Å². The molecule has 1 aliphatic carbocycles. The molecule has 1 unspecified atom stereocenters. The maximum Gasteiger partial charge on any atom is 0.397 e. The second kappa shape index (κ2) is 11.2. The van der Waals surface area contributed by atoms with Gasteiger partial charge >= 0.3 is 10.4 Å². The Morgan fingerprint density at radius 2 is 1.62 bits per heavy atom. The number of nitrogens with two attached hydrogens (primary N) is 1. The molecule has 4 rings (SSSR count). The Labute approximate surface area is 198 Å². The average molecular weight is 493 g/mol. The molecule has 10 nitrogen and oxygen atoms in total. The SMILES string of the molecule is COS(=O)(=O)O.NC(CCc1ccc(O)c2c1C(=O)c1ccccc1C2=O)CN1CCOCC1. The number of morpholine rings is 1. The van der Waals surface area contributed by atoms with Crippen LogP contribution in [-0.2, 0) is 25.7 Å². The smallest absolute Gasteiger partial charge is 0.397 e. The summed E-state index contributed by atoms with van der Waals surface area (Å²) in [6, 6.07) is 9.95. The zero-order valence-electron chi connectivity index (χ0n) is 18.8. The fraction of sp³-hybridized carbons (Fsp3) is 0.391. The zero-order valence-corrected chi connectivity index (χ0v) is 19.6. The number of carbonyl (C=O) groups is 2. The van der Waals surface area contributed by atoms with Gasteiger partial charge in [-0.05, 0) is 24.5 Å². The quantitative estimate of drug-likeness (QED) is 0.427. The van der Waals surface area contributed by atoms with Crippen molar-refractivity contribution >= 4 is 22.0 Å². The van der Waals surface area contributed by atoms with E-state index in [1.807, 2.05) is 0 Å². The lowest BCUT2D eigenvalue weighted by Gasteiger charge is -2.29. The van der Waals surface area contributed by atoms with E-state index in [-0.39, 0.29) is 28.9 Å². The maximum atomic E-state index is 13.1. The molecule has 34 heavy (non-hydrogen) atoms. The van der Waals surface area contributed by atoms with Gasteiger partial charge in [-0.2, -0.15) is 8.42 Å². The lowest BCUT2D eigenvalue weighted by molar-refractivity contribution is 0.0350. The molecule has 184 valence electrons. The van der Waals surface area contributed by atoms with Crippen LogP contribution in [0.25, 0.3) is 0 Å². The van der Waals surface area contributed by atoms with Gasteiger partial charge in [0.25, 0.3) is 0 Å². The molecule has 2 aliphatic rings. The number of carbonyl (C=O) groups excluding carboxylic acids is 2. The number of aromatic hydroxyl groups is 1. The van der Waals surface area contributed by atoms with Gasteiger partial charge in [-0.15, -0.1) is 0 Å². The molecular formula is C23H28N2O8S. The van der Waals surface area contributed by atoms with Crippen LogP contribution in [0.15, 0.2) is 36.4 Å². The van der Waals surface area contributed by atoms with Crippen LogP contribution in [0.5, 0.6) is 5.75 Å². The lowest BCUT2D eigenvalue weighted by Crippen LogP contribution is -2.43. The summed E-state index contributed by atoms with van der Waals surface area (Å²) in [6.45, 7) is 4.00. The molecule has 0 aromatic heterocycles. The standard InChI is InChI=1S/C22H24N2O4.CH4O4S/c23-15(13-24-9-11-28-12-10-24)7-5-14-6-8-18(25)20-19(14)21(26)16-3-1-2-4-17(16)22(20)27;1-5-6(2,3)4/h1-4,6,8,15,25H,5,7,9-13,23H2;1H3,(H,2,3,4). The van der Waals surface area contributed by atoms with E-state index in [2.05, 4.69) is 9.08 Å². The number of hydrogen-bond acceptors (Lipinski definition) is 9. The van der Waals surface area contributed by atoms with Crippen molar-refractivity contribution in [2.75, 3.05) is 40.0 Å². The average Bonchev–Trinajstić information content (AvgIpc) is 2.82. The van der Waals surface area contributed by atoms with E-state index in [0.717, 1.165) is 45.5 Å². The van der Waals surface area contributed by atoms with Gasteiger partial charge in [-0.3, -0.25) is 23.2 Å². The van der Waals surface area contributed by atoms with Crippen LogP contribution in [0.2, 0.25) is 0 Å². The third kappa shape index (κ3) is 6.26. The highest BCUT2D eigenvalue weighted by Crippen LogP contribution is 2.35. The minimum atomic E-state index is -4.16. The summed E-state index contributed by atoms with van der Waals surface area (Å²) >= 11 is 0. The summed E-state index contributed by atoms with van der Waals surface area (Å²) in [7, 11) is -3.29. The Morgan fingerprint density at radius 3 is 2.18 bits per heavy atom. The highest BCUT2D eigenvalue weighted by atomic mass is 32.3. The normalized spacial score (nSPS) is 16.8. The molecule has 0 amide bonds. The first-order valence-corrected chi connectivity index (χ1v) is 12.1. The number of aryl methyl sites for hydroxylation is 1. The van der Waals surface area contributed by atoms with Gasteiger partial charge in [0.2, 0.25) is 0 Å². The van der Waals surface area contributed by atoms with Crippen molar-refractivity contribution in [3.63, 3.8) is 0 Å². The monoisotopic (exact) mass is 492 g/mol. The Kier molecular flexibility index (Phi) is 8.52. The predicted octanol–water partition coefficient (Wildman–Crippen LogP) is 1.20. The number of fused-ring (bicyclic) bond motifs is 2. The van der Waals surface area contributed by atoms with Gasteiger partial charge in [-0.1, -0.05) is 30.3 Å². The van der Waals surface area contributed by atoms with Crippen LogP contribution in [0.4, 0.5) is 0 Å². The van der Waals surface area contributed by atoms with Crippen molar-refractivity contribution in [2.24, 2.45) is 5.73 Å². The van der Waals surface area contributed by atoms with Crippen molar-refractivity contribution < 1.29 is 36.6 Å². The molecule has 0 saturated carbocycles. The molecule has 0 spiro atoms. The minimum Gasteiger partial charge on any atom is -0.507 e. The van der Waals surface area contributed by atoms with Gasteiger partial charge in [0.05, 0.1) is 25.9 Å². The maximum absolute atomic E-state index is 13.1. The van der Waals surface area contributed by atoms with Gasteiger partial charge in [0.15, 0.2) is 11.6 Å². The number of hydrogen-bond donors (Lipinski definition) is 3. The highest BCUT2D eigenvalue weighted by Gasteiger charge is 2.33. The van der Waals surface area contributed by atoms with Crippen molar-refractivity contribution in [1.82, 2.24) is 4.90 Å². The first-order chi connectivity index (χ1) is 16.1. The summed E-state index contributed by atoms with van der Waals surface area (Å²) in [5.41, 5.74) is 8.25. The van der Waals surface area contributed by atoms with E-state index in [9.17, 15) is 23.1 Å². The van der Waals surface area contributed by atoms with E-state index >= 15 is 0 Å². The van der Waals surface area contributed by atoms with Crippen LogP contribution in [0.1, 0.15) is 43.8 Å². The number of ketones is 2. The lowest BCUT2D eigenvalue weighted by atomic mass is 9.80. The second-order valence-electron chi connectivity index (χ2n) is 8.00. The molecule has 1 saturated heterocycles. The van der Waals surface area contributed by atoms with Crippen molar-refractivity contribution in [1.29, 1.82) is 0 Å². The third-order valence-corrected chi connectivity index (χ3v) is 6.15. The number of rotatable bonds is 6. The van der Waals surface area contributed by atoms with Crippen LogP contribution >= 0.6 is 0 Å². The van der Waals surface area contributed by atoms with Gasteiger partial charge in [-0.25, -0.2) is 0 Å². The molecule has 0 radical (unpaired) electrons. The van der Waals surface area contributed by atoms with E-state index in [4.69, 9.17) is 15.0 Å². The highest BCUT2D eigenvalue weighted by molar-refractivity contribution is 7.80. The largest absolute Gasteiger partial charge is 0.507 e. The fourth-order valence-corrected chi connectivity index (χ4v) is 4.03. The summed E-state index contributed by atoms with van der Waals surface area (Å²) in [5.74, 6) is -0.663. The zero-order chi connectivity index (χ0) is 24.9. The summed E-state index contributed by atoms with van der Waals surface area (Å²) in [6.07, 6.45) is 1.27. The summed E-state index contributed by atoms with van der Waals surface area (Å²) < 4.78 is 35.1. The number of ether oxygens (including phenoxy) is 1. The topological polar surface area (TPSA) is 156 Å². The van der Waals surface area contributed by atoms with Gasteiger partial charge < -0.3 is 15.6 Å². The van der Waals surface area contributed by atoms with Crippen molar-refractivity contribution in [3.8, 4) is 5.75 Å². The molecule has 1 aliphatic heterocycles. The number of nitrogens with zero attached hydrogens (tertiary/aromatic N) is 1. The van der Waals surface area contributed by atoms with Crippen LogP contribution in [0.3, 0.4) is 0 Å². The van der Waals surface area contributed by atoms with Crippen LogP contribution in [0, 0.1) is 0 Å². The molecular weight excluding hydrogens is 464 g/mol. The van der Waals surface area contributed by atoms with Gasteiger partial charge in [0, 0.05) is 42.4 Å². The molecule has 1 heterocycles. The molecule has 2 aromatic rings. The summed E-state index contributed by atoms with van der Waals surface area (Å²) in [5, 5.41) is 10.3. The second-order valence-corrected chi connectivity index (χ2v) is 9.19. The molecule has 1 fully saturated rings. The molecule has 1 atom stereocenters. The van der Waals surface area contributed by atoms with Crippen molar-refractivity contribution in [2.45, 2.75) is 18.9 Å². The first kappa shape index (κ1) is 25.9. The molecule has 2 aromatic carbocycles. The Morgan fingerprint density at radius 1 is 1.06 bits per heavy atom. The Balaban J connectivity index is 0.000000481. The summed E-state index contributed by atoms with van der Waals surface area (Å²) in [4.78, 5) is 28.2. The van der Waals surface area contributed by atoms with Crippen LogP contribution < -0.4 is 5.73 Å². The number of phenolic OH excluding ortho intramolecular Hbond substituents is 1. The fourth-order valence-electron chi connectivity index (χ4n) is 4.03. The Bertz CT molecular complexity index is 1160. The van der Waals surface area contributed by atoms with Crippen LogP contribution in [-0.4, -0.2) is 80.5 Å². The first-order valence-electron chi connectivity index (χ1n) is 10.7. The minimum absolute atomic E-state index is 0.0377. The number of benzene rings is 2. The molecule has 4 N–H and O–H groups in total. The Hall–Kier alpha value is -2.67. The van der Waals surface area contributed by atoms with Crippen molar-refractivity contribution in [3.05, 3.63) is 64.2 Å². The van der Waals surface area contributed by atoms with E-state index < -0.39 is 10.4 Å².